The van der Waals surface area contributed by atoms with Crippen molar-refractivity contribution in [3.63, 3.8) is 0 Å². The van der Waals surface area contributed by atoms with Crippen LogP contribution in [0.5, 0.6) is 0 Å². The van der Waals surface area contributed by atoms with Crippen molar-refractivity contribution in [2.24, 2.45) is 0 Å². The lowest BCUT2D eigenvalue weighted by atomic mass is 10.3. The first-order valence-electron chi connectivity index (χ1n) is 5.75. The molecule has 1 aromatic carbocycles. The van der Waals surface area contributed by atoms with Gasteiger partial charge in [-0.05, 0) is 19.1 Å². The number of nitrogens with one attached hydrogen (secondary N) is 1. The van der Waals surface area contributed by atoms with E-state index in [4.69, 9.17) is 46.4 Å². The van der Waals surface area contributed by atoms with Crippen LogP contribution >= 0.6 is 46.4 Å². The fraction of sp³-hybridized carbons (Fsp3) is 0.0833. The number of halogens is 4. The molecule has 3 rings (SSSR count). The van der Waals surface area contributed by atoms with Crippen LogP contribution in [0.3, 0.4) is 0 Å². The summed E-state index contributed by atoms with van der Waals surface area (Å²) in [6, 6.07) is 3.19. The Morgan fingerprint density at radius 1 is 1.05 bits per heavy atom. The number of hydrogen-bond acceptors (Lipinski definition) is 4. The van der Waals surface area contributed by atoms with Gasteiger partial charge in [0.1, 0.15) is 17.3 Å². The fourth-order valence-corrected chi connectivity index (χ4v) is 2.55. The molecule has 0 atom stereocenters. The number of benzene rings is 1. The Balaban J connectivity index is 2.16. The molecule has 0 unspecified atom stereocenters. The average Bonchev–Trinajstić information content (AvgIpc) is 2.88. The number of aromatic nitrogens is 4. The highest BCUT2D eigenvalue weighted by Gasteiger charge is 2.14. The molecule has 0 aliphatic carbocycles. The second-order valence-electron chi connectivity index (χ2n) is 4.22. The Labute approximate surface area is 139 Å². The molecule has 1 N–H and O–H groups in total. The minimum absolute atomic E-state index is 0.328. The van der Waals surface area contributed by atoms with E-state index in [1.807, 2.05) is 6.92 Å². The van der Waals surface area contributed by atoms with Gasteiger partial charge in [0.2, 0.25) is 0 Å². The van der Waals surface area contributed by atoms with Crippen LogP contribution in [-0.2, 0) is 0 Å². The summed E-state index contributed by atoms with van der Waals surface area (Å²) in [5, 5.41) is 8.76. The summed E-state index contributed by atoms with van der Waals surface area (Å²) in [4.78, 5) is 8.14. The second kappa shape index (κ2) is 5.50. The molecule has 0 aliphatic rings. The van der Waals surface area contributed by atoms with Gasteiger partial charge in [0.25, 0.3) is 5.78 Å². The van der Waals surface area contributed by atoms with Crippen molar-refractivity contribution < 1.29 is 0 Å². The van der Waals surface area contributed by atoms with Crippen LogP contribution in [0, 0.1) is 6.92 Å². The van der Waals surface area contributed by atoms with Crippen molar-refractivity contribution >= 4 is 63.7 Å². The topological polar surface area (TPSA) is 55.1 Å². The first-order valence-corrected chi connectivity index (χ1v) is 7.26. The third-order valence-electron chi connectivity index (χ3n) is 2.87. The normalized spacial score (nSPS) is 11.1. The van der Waals surface area contributed by atoms with E-state index in [9.17, 15) is 0 Å². The highest BCUT2D eigenvalue weighted by Crippen LogP contribution is 2.35. The van der Waals surface area contributed by atoms with Gasteiger partial charge in [-0.25, -0.2) is 0 Å². The Kier molecular flexibility index (Phi) is 3.84. The summed E-state index contributed by atoms with van der Waals surface area (Å²) in [5.74, 6) is 0.979. The number of rotatable bonds is 2. The monoisotopic (exact) mass is 361 g/mol. The molecular formula is C12H7Cl4N5. The van der Waals surface area contributed by atoms with Crippen molar-refractivity contribution in [3.05, 3.63) is 44.2 Å². The predicted molar refractivity (Wildman–Crippen MR) is 85.3 cm³/mol. The van der Waals surface area contributed by atoms with Gasteiger partial charge in [0.05, 0.1) is 20.8 Å². The average molecular weight is 363 g/mol. The molecule has 0 fully saturated rings. The van der Waals surface area contributed by atoms with Crippen molar-refractivity contribution in [1.29, 1.82) is 0 Å². The summed E-state index contributed by atoms with van der Waals surface area (Å²) in [6.45, 7) is 1.81. The van der Waals surface area contributed by atoms with Gasteiger partial charge in [-0.2, -0.15) is 19.6 Å². The van der Waals surface area contributed by atoms with Gasteiger partial charge >= 0.3 is 0 Å². The standard InChI is InChI=1S/C12H7Cl4N5/c1-5-10(16)20-12-17-4-18-21(12)11(5)19-9-3-7(14)6(13)2-8(9)15/h2-4,19H,1H3. The summed E-state index contributed by atoms with van der Waals surface area (Å²) in [5.41, 5.74) is 1.28. The van der Waals surface area contributed by atoms with Gasteiger partial charge in [-0.3, -0.25) is 0 Å². The molecule has 0 aliphatic heterocycles. The van der Waals surface area contributed by atoms with Crippen LogP contribution in [0.4, 0.5) is 11.5 Å². The Bertz CT molecular complexity index is 845. The molecule has 0 amide bonds. The van der Waals surface area contributed by atoms with Gasteiger partial charge in [-0.1, -0.05) is 46.4 Å². The van der Waals surface area contributed by atoms with E-state index in [2.05, 4.69) is 20.4 Å². The van der Waals surface area contributed by atoms with E-state index >= 15 is 0 Å². The van der Waals surface area contributed by atoms with E-state index < -0.39 is 0 Å². The van der Waals surface area contributed by atoms with Crippen LogP contribution in [0.15, 0.2) is 18.5 Å². The maximum absolute atomic E-state index is 6.17. The third kappa shape index (κ3) is 2.62. The Hall–Kier alpha value is -1.27. The van der Waals surface area contributed by atoms with Crippen LogP contribution < -0.4 is 5.32 Å². The zero-order valence-corrected chi connectivity index (χ0v) is 13.6. The lowest BCUT2D eigenvalue weighted by Crippen LogP contribution is -2.05. The molecule has 108 valence electrons. The van der Waals surface area contributed by atoms with Crippen LogP contribution in [0.25, 0.3) is 5.78 Å². The van der Waals surface area contributed by atoms with E-state index in [-0.39, 0.29) is 0 Å². The lowest BCUT2D eigenvalue weighted by Gasteiger charge is -2.13. The first-order chi connectivity index (χ1) is 9.97. The van der Waals surface area contributed by atoms with Gasteiger partial charge in [0, 0.05) is 5.56 Å². The molecule has 0 saturated heterocycles. The molecule has 0 bridgehead atoms. The van der Waals surface area contributed by atoms with Crippen molar-refractivity contribution in [1.82, 2.24) is 19.6 Å². The molecule has 21 heavy (non-hydrogen) atoms. The SMILES string of the molecule is Cc1c(Cl)nc2ncnn2c1Nc1cc(Cl)c(Cl)cc1Cl. The van der Waals surface area contributed by atoms with Gasteiger partial charge in [-0.15, -0.1) is 0 Å². The Morgan fingerprint density at radius 2 is 1.76 bits per heavy atom. The Morgan fingerprint density at radius 3 is 2.52 bits per heavy atom. The minimum atomic E-state index is 0.328. The zero-order valence-electron chi connectivity index (χ0n) is 10.5. The molecular weight excluding hydrogens is 356 g/mol. The van der Waals surface area contributed by atoms with E-state index in [1.54, 1.807) is 12.1 Å². The predicted octanol–water partition coefficient (Wildman–Crippen LogP) is 4.79. The summed E-state index contributed by atoms with van der Waals surface area (Å²) >= 11 is 24.2. The third-order valence-corrected chi connectivity index (χ3v) is 4.27. The largest absolute Gasteiger partial charge is 0.338 e. The van der Waals surface area contributed by atoms with E-state index in [1.165, 1.54) is 10.8 Å². The number of fused-ring (bicyclic) bond motifs is 1. The summed E-state index contributed by atoms with van der Waals surface area (Å²) < 4.78 is 1.53. The van der Waals surface area contributed by atoms with Crippen LogP contribution in [-0.4, -0.2) is 19.6 Å². The molecule has 2 aromatic heterocycles. The molecule has 9 heteroatoms. The molecule has 3 aromatic rings. The molecule has 0 radical (unpaired) electrons. The minimum Gasteiger partial charge on any atom is -0.338 e. The smallest absolute Gasteiger partial charge is 0.255 e. The zero-order chi connectivity index (χ0) is 15.1. The maximum atomic E-state index is 6.17. The maximum Gasteiger partial charge on any atom is 0.255 e. The highest BCUT2D eigenvalue weighted by molar-refractivity contribution is 6.44. The number of anilines is 2. The van der Waals surface area contributed by atoms with Crippen LogP contribution in [0.1, 0.15) is 5.56 Å². The second-order valence-corrected chi connectivity index (χ2v) is 5.80. The molecule has 0 saturated carbocycles. The lowest BCUT2D eigenvalue weighted by molar-refractivity contribution is 0.936. The quantitative estimate of drug-likeness (QED) is 0.526. The van der Waals surface area contributed by atoms with Crippen LogP contribution in [0.2, 0.25) is 20.2 Å². The van der Waals surface area contributed by atoms with Crippen molar-refractivity contribution in [2.45, 2.75) is 6.92 Å². The van der Waals surface area contributed by atoms with E-state index in [0.717, 1.165) is 0 Å². The summed E-state index contributed by atoms with van der Waals surface area (Å²) in [7, 11) is 0. The van der Waals surface area contributed by atoms with Gasteiger partial charge in [0.15, 0.2) is 0 Å². The fourth-order valence-electron chi connectivity index (χ4n) is 1.79. The first kappa shape index (κ1) is 14.7. The molecule has 0 spiro atoms. The van der Waals surface area contributed by atoms with Crippen molar-refractivity contribution in [3.8, 4) is 0 Å². The molecule has 5 nitrogen and oxygen atoms in total. The number of hydrogen-bond donors (Lipinski definition) is 1. The van der Waals surface area contributed by atoms with Crippen molar-refractivity contribution in [2.75, 3.05) is 5.32 Å². The highest BCUT2D eigenvalue weighted by atomic mass is 35.5. The van der Waals surface area contributed by atoms with E-state index in [0.29, 0.717) is 43.1 Å². The molecule has 2 heterocycles. The number of nitrogens with zero attached hydrogens (tertiary/aromatic N) is 4. The summed E-state index contributed by atoms with van der Waals surface area (Å²) in [6.07, 6.45) is 1.39. The van der Waals surface area contributed by atoms with Gasteiger partial charge < -0.3 is 5.32 Å².